The number of carbonyl (C=O) groups excluding carboxylic acids is 1. The molecule has 1 amide bonds. The number of H-pyrrole nitrogens is 1. The summed E-state index contributed by atoms with van der Waals surface area (Å²) in [6.07, 6.45) is 0.515. The summed E-state index contributed by atoms with van der Waals surface area (Å²) in [5.74, 6) is -2.26. The number of nitrogens with one attached hydrogen (secondary N) is 1. The molecule has 0 saturated carbocycles. The molecule has 188 valence electrons. The van der Waals surface area contributed by atoms with Crippen molar-refractivity contribution in [3.05, 3.63) is 50.4 Å². The molecule has 1 aromatic carbocycles. The molecule has 2 aromatic rings. The van der Waals surface area contributed by atoms with Gasteiger partial charge in [-0.3, -0.25) is 24.0 Å². The molecule has 2 rings (SSSR count). The minimum absolute atomic E-state index is 0.0451. The van der Waals surface area contributed by atoms with Gasteiger partial charge in [-0.25, -0.2) is 17.6 Å². The van der Waals surface area contributed by atoms with Crippen LogP contribution in [0.3, 0.4) is 0 Å². The SMILES string of the molecule is CCCn1c(N)c(N(CCOC)C(=O)c2cc(S(=O)(=O)N(CC)CC)ccc2F)c(=O)[nH]c1=O. The van der Waals surface area contributed by atoms with E-state index in [0.717, 1.165) is 27.7 Å². The quantitative estimate of drug-likeness (QED) is 0.468. The molecule has 34 heavy (non-hydrogen) atoms. The van der Waals surface area contributed by atoms with Gasteiger partial charge in [-0.05, 0) is 24.6 Å². The number of carbonyl (C=O) groups is 1. The van der Waals surface area contributed by atoms with Gasteiger partial charge in [0, 0.05) is 33.3 Å². The van der Waals surface area contributed by atoms with E-state index in [1.165, 1.54) is 11.4 Å². The molecule has 11 nitrogen and oxygen atoms in total. The summed E-state index contributed by atoms with van der Waals surface area (Å²) in [4.78, 5) is 41.0. The van der Waals surface area contributed by atoms with Crippen molar-refractivity contribution in [3.63, 3.8) is 0 Å². The number of rotatable bonds is 11. The Kier molecular flexibility index (Phi) is 9.13. The lowest BCUT2D eigenvalue weighted by molar-refractivity contribution is 0.0971. The molecule has 0 saturated heterocycles. The number of hydrogen-bond acceptors (Lipinski definition) is 7. The van der Waals surface area contributed by atoms with Crippen molar-refractivity contribution in [1.29, 1.82) is 0 Å². The zero-order valence-corrected chi connectivity index (χ0v) is 20.4. The van der Waals surface area contributed by atoms with Crippen LogP contribution in [0.2, 0.25) is 0 Å². The van der Waals surface area contributed by atoms with E-state index in [9.17, 15) is 27.2 Å². The minimum Gasteiger partial charge on any atom is -0.383 e. The largest absolute Gasteiger partial charge is 0.383 e. The lowest BCUT2D eigenvalue weighted by Crippen LogP contribution is -2.43. The number of amides is 1. The van der Waals surface area contributed by atoms with Crippen LogP contribution in [-0.4, -0.2) is 61.5 Å². The number of nitrogens with two attached hydrogens (primary N) is 1. The molecule has 0 radical (unpaired) electrons. The second-order valence-electron chi connectivity index (χ2n) is 7.33. The Morgan fingerprint density at radius 1 is 1.21 bits per heavy atom. The highest BCUT2D eigenvalue weighted by atomic mass is 32.2. The van der Waals surface area contributed by atoms with Crippen molar-refractivity contribution in [2.75, 3.05) is 44.0 Å². The summed E-state index contributed by atoms with van der Waals surface area (Å²) < 4.78 is 47.9. The van der Waals surface area contributed by atoms with E-state index in [2.05, 4.69) is 4.98 Å². The predicted molar refractivity (Wildman–Crippen MR) is 126 cm³/mol. The molecule has 0 aliphatic carbocycles. The Bertz CT molecular complexity index is 1250. The maximum atomic E-state index is 14.8. The lowest BCUT2D eigenvalue weighted by atomic mass is 10.1. The number of ether oxygens (including phenoxy) is 1. The number of benzene rings is 1. The van der Waals surface area contributed by atoms with Crippen LogP contribution in [0.1, 0.15) is 37.6 Å². The molecule has 0 atom stereocenters. The molecule has 0 spiro atoms. The third kappa shape index (κ3) is 5.37. The maximum Gasteiger partial charge on any atom is 0.330 e. The highest BCUT2D eigenvalue weighted by Crippen LogP contribution is 2.24. The van der Waals surface area contributed by atoms with Gasteiger partial charge in [0.1, 0.15) is 11.6 Å². The number of halogens is 1. The molecule has 0 aliphatic rings. The van der Waals surface area contributed by atoms with Crippen molar-refractivity contribution in [1.82, 2.24) is 13.9 Å². The number of aromatic nitrogens is 2. The number of nitrogen functional groups attached to an aromatic ring is 1. The van der Waals surface area contributed by atoms with Crippen molar-refractivity contribution in [2.45, 2.75) is 38.6 Å². The Hall–Kier alpha value is -3.03. The summed E-state index contributed by atoms with van der Waals surface area (Å²) in [6.45, 7) is 5.39. The molecule has 3 N–H and O–H groups in total. The van der Waals surface area contributed by atoms with Crippen LogP contribution in [0.25, 0.3) is 0 Å². The molecular formula is C21H30FN5O6S. The fourth-order valence-electron chi connectivity index (χ4n) is 3.47. The first kappa shape index (κ1) is 27.2. The number of anilines is 2. The second kappa shape index (κ2) is 11.4. The van der Waals surface area contributed by atoms with Crippen LogP contribution in [0.4, 0.5) is 15.9 Å². The summed E-state index contributed by atoms with van der Waals surface area (Å²) in [7, 11) is -2.62. The Morgan fingerprint density at radius 3 is 2.41 bits per heavy atom. The van der Waals surface area contributed by atoms with Crippen molar-refractivity contribution in [2.24, 2.45) is 0 Å². The van der Waals surface area contributed by atoms with Crippen LogP contribution < -0.4 is 21.9 Å². The maximum absolute atomic E-state index is 14.8. The highest BCUT2D eigenvalue weighted by Gasteiger charge is 2.29. The van der Waals surface area contributed by atoms with Crippen LogP contribution in [0.5, 0.6) is 0 Å². The third-order valence-corrected chi connectivity index (χ3v) is 7.25. The highest BCUT2D eigenvalue weighted by molar-refractivity contribution is 7.89. The summed E-state index contributed by atoms with van der Waals surface area (Å²) in [5.41, 5.74) is 3.47. The van der Waals surface area contributed by atoms with Crippen LogP contribution in [-0.2, 0) is 21.3 Å². The van der Waals surface area contributed by atoms with Gasteiger partial charge in [-0.2, -0.15) is 4.31 Å². The standard InChI is InChI=1S/C21H30FN5O6S/c1-5-10-27-18(23)17(19(28)24-21(27)30)26(11-12-33-4)20(29)15-13-14(8-9-16(15)22)34(31,32)25(6-2)7-3/h8-9,13H,5-7,10-12,23H2,1-4H3,(H,24,28,30). The molecule has 1 heterocycles. The third-order valence-electron chi connectivity index (χ3n) is 5.21. The fourth-order valence-corrected chi connectivity index (χ4v) is 4.95. The van der Waals surface area contributed by atoms with E-state index in [1.54, 1.807) is 20.8 Å². The van der Waals surface area contributed by atoms with Gasteiger partial charge in [0.05, 0.1) is 17.1 Å². The Balaban J connectivity index is 2.70. The summed E-state index contributed by atoms with van der Waals surface area (Å²) in [6, 6.07) is 2.88. The Labute approximate surface area is 197 Å². The van der Waals surface area contributed by atoms with Crippen LogP contribution >= 0.6 is 0 Å². The number of methoxy groups -OCH3 is 1. The van der Waals surface area contributed by atoms with Gasteiger partial charge in [-0.1, -0.05) is 20.8 Å². The number of hydrogen-bond donors (Lipinski definition) is 2. The molecular weight excluding hydrogens is 469 g/mol. The monoisotopic (exact) mass is 499 g/mol. The predicted octanol–water partition coefficient (Wildman–Crippen LogP) is 0.992. The molecule has 1 aromatic heterocycles. The first-order valence-corrected chi connectivity index (χ1v) is 12.2. The van der Waals surface area contributed by atoms with Gasteiger partial charge in [0.15, 0.2) is 5.69 Å². The van der Waals surface area contributed by atoms with E-state index in [0.29, 0.717) is 6.42 Å². The van der Waals surface area contributed by atoms with E-state index < -0.39 is 38.6 Å². The number of sulfonamides is 1. The van der Waals surface area contributed by atoms with Crippen molar-refractivity contribution in [3.8, 4) is 0 Å². The average Bonchev–Trinajstić information content (AvgIpc) is 2.79. The Morgan fingerprint density at radius 2 is 1.85 bits per heavy atom. The zero-order valence-electron chi connectivity index (χ0n) is 19.6. The van der Waals surface area contributed by atoms with E-state index >= 15 is 0 Å². The molecule has 0 unspecified atom stereocenters. The van der Waals surface area contributed by atoms with E-state index in [4.69, 9.17) is 10.5 Å². The van der Waals surface area contributed by atoms with Gasteiger partial charge in [0.25, 0.3) is 11.5 Å². The van der Waals surface area contributed by atoms with Crippen molar-refractivity contribution >= 4 is 27.4 Å². The number of aromatic amines is 1. The van der Waals surface area contributed by atoms with Gasteiger partial charge < -0.3 is 10.5 Å². The first-order chi connectivity index (χ1) is 16.0. The zero-order chi connectivity index (χ0) is 25.6. The molecule has 0 aliphatic heterocycles. The van der Waals surface area contributed by atoms with Gasteiger partial charge >= 0.3 is 5.69 Å². The lowest BCUT2D eigenvalue weighted by Gasteiger charge is -2.25. The van der Waals surface area contributed by atoms with E-state index in [-0.39, 0.29) is 49.2 Å². The molecule has 0 fully saturated rings. The fraction of sp³-hybridized carbons (Fsp3) is 0.476. The average molecular weight is 500 g/mol. The number of nitrogens with zero attached hydrogens (tertiary/aromatic N) is 3. The minimum atomic E-state index is -3.98. The topological polar surface area (TPSA) is 148 Å². The van der Waals surface area contributed by atoms with E-state index in [1.807, 2.05) is 0 Å². The van der Waals surface area contributed by atoms with Crippen LogP contribution in [0, 0.1) is 5.82 Å². The molecule has 13 heteroatoms. The van der Waals surface area contributed by atoms with Crippen LogP contribution in [0.15, 0.2) is 32.7 Å². The first-order valence-electron chi connectivity index (χ1n) is 10.8. The van der Waals surface area contributed by atoms with Gasteiger partial charge in [0.2, 0.25) is 10.0 Å². The summed E-state index contributed by atoms with van der Waals surface area (Å²) in [5, 5.41) is 0. The van der Waals surface area contributed by atoms with Gasteiger partial charge in [-0.15, -0.1) is 0 Å². The normalized spacial score (nSPS) is 11.7. The summed E-state index contributed by atoms with van der Waals surface area (Å²) >= 11 is 0. The smallest absolute Gasteiger partial charge is 0.330 e. The molecule has 0 bridgehead atoms. The second-order valence-corrected chi connectivity index (χ2v) is 9.26. The van der Waals surface area contributed by atoms with Crippen molar-refractivity contribution < 1.29 is 22.3 Å².